The quantitative estimate of drug-likeness (QED) is 0.845. The molecule has 1 aromatic rings. The van der Waals surface area contributed by atoms with E-state index in [0.717, 1.165) is 12.3 Å². The standard InChI is InChI=1S/C13H22N2O/c1-13(2,3)9-15-12-14-8-11(16-12)10-6-4-5-7-10/h8,10H,4-7,9H2,1-3H3,(H,14,15). The second-order valence-corrected chi connectivity index (χ2v) is 5.96. The lowest BCUT2D eigenvalue weighted by molar-refractivity contribution is 0.424. The molecule has 1 N–H and O–H groups in total. The summed E-state index contributed by atoms with van der Waals surface area (Å²) in [6, 6.07) is 0.678. The van der Waals surface area contributed by atoms with E-state index in [1.54, 1.807) is 0 Å². The highest BCUT2D eigenvalue weighted by Crippen LogP contribution is 2.34. The molecule has 0 spiro atoms. The van der Waals surface area contributed by atoms with Crippen LogP contribution in [0.15, 0.2) is 10.6 Å². The fourth-order valence-corrected chi connectivity index (χ4v) is 2.11. The van der Waals surface area contributed by atoms with E-state index >= 15 is 0 Å². The number of nitrogens with one attached hydrogen (secondary N) is 1. The Morgan fingerprint density at radius 3 is 2.69 bits per heavy atom. The predicted molar refractivity (Wildman–Crippen MR) is 65.7 cm³/mol. The van der Waals surface area contributed by atoms with E-state index in [-0.39, 0.29) is 5.41 Å². The Balaban J connectivity index is 1.91. The Bertz CT molecular complexity index is 332. The fourth-order valence-electron chi connectivity index (χ4n) is 2.11. The van der Waals surface area contributed by atoms with Gasteiger partial charge in [0, 0.05) is 12.5 Å². The maximum atomic E-state index is 5.74. The second-order valence-electron chi connectivity index (χ2n) is 5.96. The van der Waals surface area contributed by atoms with E-state index in [2.05, 4.69) is 31.1 Å². The van der Waals surface area contributed by atoms with Crippen molar-refractivity contribution < 1.29 is 4.42 Å². The summed E-state index contributed by atoms with van der Waals surface area (Å²) in [5, 5.41) is 3.25. The third-order valence-corrected chi connectivity index (χ3v) is 3.05. The molecule has 1 aromatic heterocycles. The Kier molecular flexibility index (Phi) is 3.22. The van der Waals surface area contributed by atoms with Gasteiger partial charge in [-0.1, -0.05) is 33.6 Å². The lowest BCUT2D eigenvalue weighted by atomic mass is 9.97. The average Bonchev–Trinajstić information content (AvgIpc) is 2.84. The predicted octanol–water partition coefficient (Wildman–Crippen LogP) is 3.79. The van der Waals surface area contributed by atoms with Gasteiger partial charge in [-0.15, -0.1) is 0 Å². The van der Waals surface area contributed by atoms with Crippen molar-refractivity contribution in [2.24, 2.45) is 5.41 Å². The van der Waals surface area contributed by atoms with Gasteiger partial charge in [-0.25, -0.2) is 4.98 Å². The average molecular weight is 222 g/mol. The Hall–Kier alpha value is -0.990. The number of aromatic nitrogens is 1. The molecule has 0 aliphatic heterocycles. The molecule has 0 saturated heterocycles. The highest BCUT2D eigenvalue weighted by atomic mass is 16.4. The molecule has 0 radical (unpaired) electrons. The normalized spacial score (nSPS) is 17.9. The molecule has 3 heteroatoms. The summed E-state index contributed by atoms with van der Waals surface area (Å²) in [5.74, 6) is 1.67. The van der Waals surface area contributed by atoms with Gasteiger partial charge < -0.3 is 9.73 Å². The van der Waals surface area contributed by atoms with Crippen molar-refractivity contribution in [2.45, 2.75) is 52.4 Å². The van der Waals surface area contributed by atoms with Crippen LogP contribution in [0.2, 0.25) is 0 Å². The first-order chi connectivity index (χ1) is 7.54. The molecule has 0 bridgehead atoms. The zero-order valence-corrected chi connectivity index (χ0v) is 10.5. The Morgan fingerprint density at radius 2 is 2.06 bits per heavy atom. The van der Waals surface area contributed by atoms with Crippen LogP contribution < -0.4 is 5.32 Å². The van der Waals surface area contributed by atoms with Crippen molar-refractivity contribution in [2.75, 3.05) is 11.9 Å². The van der Waals surface area contributed by atoms with Crippen LogP contribution in [0.5, 0.6) is 0 Å². The molecule has 3 nitrogen and oxygen atoms in total. The molecule has 1 heterocycles. The van der Waals surface area contributed by atoms with E-state index in [1.807, 2.05) is 6.20 Å². The van der Waals surface area contributed by atoms with Gasteiger partial charge in [-0.2, -0.15) is 0 Å². The minimum Gasteiger partial charge on any atom is -0.428 e. The summed E-state index contributed by atoms with van der Waals surface area (Å²) >= 11 is 0. The number of hydrogen-bond donors (Lipinski definition) is 1. The van der Waals surface area contributed by atoms with Gasteiger partial charge in [0.15, 0.2) is 0 Å². The van der Waals surface area contributed by atoms with E-state index < -0.39 is 0 Å². The van der Waals surface area contributed by atoms with Gasteiger partial charge in [0.05, 0.1) is 6.20 Å². The molecule has 1 aliphatic carbocycles. The zero-order valence-electron chi connectivity index (χ0n) is 10.5. The van der Waals surface area contributed by atoms with Gasteiger partial charge in [-0.05, 0) is 18.3 Å². The van der Waals surface area contributed by atoms with E-state index in [1.165, 1.54) is 25.7 Å². The zero-order chi connectivity index (χ0) is 11.6. The van der Waals surface area contributed by atoms with Crippen molar-refractivity contribution in [3.63, 3.8) is 0 Å². The first kappa shape index (κ1) is 11.5. The van der Waals surface area contributed by atoms with Crippen LogP contribution in [0.25, 0.3) is 0 Å². The topological polar surface area (TPSA) is 38.1 Å². The molecular formula is C13H22N2O. The van der Waals surface area contributed by atoms with Crippen LogP contribution in [0, 0.1) is 5.41 Å². The molecule has 0 amide bonds. The third-order valence-electron chi connectivity index (χ3n) is 3.05. The lowest BCUT2D eigenvalue weighted by Gasteiger charge is -2.17. The summed E-state index contributed by atoms with van der Waals surface area (Å²) in [5.41, 5.74) is 0.252. The molecular weight excluding hydrogens is 200 g/mol. The number of rotatable bonds is 3. The van der Waals surface area contributed by atoms with Crippen LogP contribution in [0.3, 0.4) is 0 Å². The van der Waals surface area contributed by atoms with Gasteiger partial charge >= 0.3 is 0 Å². The highest BCUT2D eigenvalue weighted by Gasteiger charge is 2.21. The Labute approximate surface area is 97.6 Å². The summed E-state index contributed by atoms with van der Waals surface area (Å²) in [7, 11) is 0. The smallest absolute Gasteiger partial charge is 0.294 e. The van der Waals surface area contributed by atoms with Crippen LogP contribution in [-0.4, -0.2) is 11.5 Å². The molecule has 90 valence electrons. The summed E-state index contributed by atoms with van der Waals surface area (Å²) in [6.07, 6.45) is 7.06. The fraction of sp³-hybridized carbons (Fsp3) is 0.769. The minimum absolute atomic E-state index is 0.252. The van der Waals surface area contributed by atoms with Crippen molar-refractivity contribution in [1.82, 2.24) is 4.98 Å². The maximum absolute atomic E-state index is 5.74. The lowest BCUT2D eigenvalue weighted by Crippen LogP contribution is -2.19. The van der Waals surface area contributed by atoms with Crippen molar-refractivity contribution in [3.8, 4) is 0 Å². The number of hydrogen-bond acceptors (Lipinski definition) is 3. The highest BCUT2D eigenvalue weighted by molar-refractivity contribution is 5.22. The van der Waals surface area contributed by atoms with Gasteiger partial charge in [0.25, 0.3) is 6.01 Å². The molecule has 0 aromatic carbocycles. The third kappa shape index (κ3) is 3.00. The van der Waals surface area contributed by atoms with Crippen molar-refractivity contribution >= 4 is 6.01 Å². The molecule has 16 heavy (non-hydrogen) atoms. The second kappa shape index (κ2) is 4.48. The van der Waals surface area contributed by atoms with Crippen LogP contribution >= 0.6 is 0 Å². The van der Waals surface area contributed by atoms with E-state index in [4.69, 9.17) is 4.42 Å². The molecule has 0 unspecified atom stereocenters. The molecule has 1 saturated carbocycles. The summed E-state index contributed by atoms with van der Waals surface area (Å²) < 4.78 is 5.74. The van der Waals surface area contributed by atoms with Gasteiger partial charge in [0.2, 0.25) is 0 Å². The summed E-state index contributed by atoms with van der Waals surface area (Å²) in [6.45, 7) is 7.47. The minimum atomic E-state index is 0.252. The van der Waals surface area contributed by atoms with E-state index in [0.29, 0.717) is 11.9 Å². The maximum Gasteiger partial charge on any atom is 0.294 e. The van der Waals surface area contributed by atoms with Gasteiger partial charge in [0.1, 0.15) is 5.76 Å². The molecule has 0 atom stereocenters. The molecule has 2 rings (SSSR count). The number of nitrogens with zero attached hydrogens (tertiary/aromatic N) is 1. The number of oxazole rings is 1. The van der Waals surface area contributed by atoms with Crippen molar-refractivity contribution in [1.29, 1.82) is 0 Å². The van der Waals surface area contributed by atoms with Crippen LogP contribution in [0.4, 0.5) is 6.01 Å². The number of anilines is 1. The molecule has 1 aliphatic rings. The van der Waals surface area contributed by atoms with Crippen LogP contribution in [0.1, 0.15) is 58.1 Å². The van der Waals surface area contributed by atoms with Gasteiger partial charge in [-0.3, -0.25) is 0 Å². The Morgan fingerprint density at radius 1 is 1.38 bits per heavy atom. The summed E-state index contributed by atoms with van der Waals surface area (Å²) in [4.78, 5) is 4.29. The largest absolute Gasteiger partial charge is 0.428 e. The monoisotopic (exact) mass is 222 g/mol. The van der Waals surface area contributed by atoms with Crippen molar-refractivity contribution in [3.05, 3.63) is 12.0 Å². The SMILES string of the molecule is CC(C)(C)CNc1ncc(C2CCCC2)o1. The van der Waals surface area contributed by atoms with Crippen LogP contribution in [-0.2, 0) is 0 Å². The molecule has 1 fully saturated rings. The van der Waals surface area contributed by atoms with E-state index in [9.17, 15) is 0 Å². The first-order valence-electron chi connectivity index (χ1n) is 6.24. The first-order valence-corrected chi connectivity index (χ1v) is 6.24.